The quantitative estimate of drug-likeness (QED) is 0.602. The minimum atomic E-state index is -0.459. The van der Waals surface area contributed by atoms with Crippen LogP contribution in [0.3, 0.4) is 0 Å². The van der Waals surface area contributed by atoms with Crippen LogP contribution in [-0.2, 0) is 0 Å². The largest absolute Gasteiger partial charge is 0.387 e. The number of fused-ring (bicyclic) bond motifs is 1. The summed E-state index contributed by atoms with van der Waals surface area (Å²) < 4.78 is 0. The SMILES string of the molecule is C=CCCNCC(O)c1ccc2ccccc2c1. The average molecular weight is 241 g/mol. The summed E-state index contributed by atoms with van der Waals surface area (Å²) in [6.07, 6.45) is 2.33. The number of rotatable bonds is 6. The molecule has 0 aliphatic carbocycles. The van der Waals surface area contributed by atoms with E-state index in [1.54, 1.807) is 0 Å². The summed E-state index contributed by atoms with van der Waals surface area (Å²) in [5.41, 5.74) is 0.958. The summed E-state index contributed by atoms with van der Waals surface area (Å²) in [5.74, 6) is 0. The first-order valence-electron chi connectivity index (χ1n) is 6.29. The Morgan fingerprint density at radius 1 is 1.17 bits per heavy atom. The van der Waals surface area contributed by atoms with Crippen LogP contribution >= 0.6 is 0 Å². The van der Waals surface area contributed by atoms with Gasteiger partial charge in [-0.2, -0.15) is 0 Å². The van der Waals surface area contributed by atoms with E-state index in [1.807, 2.05) is 24.3 Å². The molecule has 2 heteroatoms. The van der Waals surface area contributed by atoms with Crippen molar-refractivity contribution >= 4 is 10.8 Å². The maximum atomic E-state index is 10.1. The van der Waals surface area contributed by atoms with Gasteiger partial charge in [-0.3, -0.25) is 0 Å². The van der Waals surface area contributed by atoms with Crippen molar-refractivity contribution in [3.05, 3.63) is 60.7 Å². The molecule has 1 unspecified atom stereocenters. The molecule has 0 fully saturated rings. The van der Waals surface area contributed by atoms with E-state index in [0.29, 0.717) is 6.54 Å². The van der Waals surface area contributed by atoms with Gasteiger partial charge < -0.3 is 10.4 Å². The molecule has 0 aromatic heterocycles. The Balaban J connectivity index is 2.03. The summed E-state index contributed by atoms with van der Waals surface area (Å²) >= 11 is 0. The number of benzene rings is 2. The van der Waals surface area contributed by atoms with E-state index in [2.05, 4.69) is 36.2 Å². The van der Waals surface area contributed by atoms with E-state index in [-0.39, 0.29) is 0 Å². The van der Waals surface area contributed by atoms with Crippen LogP contribution in [-0.4, -0.2) is 18.2 Å². The van der Waals surface area contributed by atoms with Crippen LogP contribution in [0.15, 0.2) is 55.1 Å². The smallest absolute Gasteiger partial charge is 0.0914 e. The summed E-state index contributed by atoms with van der Waals surface area (Å²) in [4.78, 5) is 0. The number of nitrogens with one attached hydrogen (secondary N) is 1. The topological polar surface area (TPSA) is 32.3 Å². The van der Waals surface area contributed by atoms with E-state index in [9.17, 15) is 5.11 Å². The molecule has 0 aliphatic rings. The zero-order valence-electron chi connectivity index (χ0n) is 10.5. The molecule has 2 aromatic carbocycles. The van der Waals surface area contributed by atoms with Crippen molar-refractivity contribution < 1.29 is 5.11 Å². The molecule has 0 amide bonds. The van der Waals surface area contributed by atoms with Gasteiger partial charge in [0.1, 0.15) is 0 Å². The first kappa shape index (κ1) is 12.8. The molecule has 2 nitrogen and oxygen atoms in total. The van der Waals surface area contributed by atoms with Gasteiger partial charge in [-0.15, -0.1) is 6.58 Å². The maximum Gasteiger partial charge on any atom is 0.0914 e. The van der Waals surface area contributed by atoms with E-state index in [0.717, 1.165) is 18.5 Å². The second-order valence-electron chi connectivity index (χ2n) is 4.40. The maximum absolute atomic E-state index is 10.1. The van der Waals surface area contributed by atoms with Crippen molar-refractivity contribution in [2.24, 2.45) is 0 Å². The van der Waals surface area contributed by atoms with Crippen LogP contribution in [0.1, 0.15) is 18.1 Å². The Morgan fingerprint density at radius 2 is 1.94 bits per heavy atom. The first-order chi connectivity index (χ1) is 8.81. The lowest BCUT2D eigenvalue weighted by Crippen LogP contribution is -2.22. The molecule has 0 heterocycles. The fourth-order valence-electron chi connectivity index (χ4n) is 1.98. The molecule has 0 radical (unpaired) electrons. The average Bonchev–Trinajstić information content (AvgIpc) is 2.43. The van der Waals surface area contributed by atoms with Gasteiger partial charge in [-0.1, -0.05) is 42.5 Å². The molecule has 94 valence electrons. The predicted octanol–water partition coefficient (Wildman–Crippen LogP) is 3.04. The molecule has 0 saturated heterocycles. The second-order valence-corrected chi connectivity index (χ2v) is 4.40. The Kier molecular flexibility index (Phi) is 4.51. The van der Waals surface area contributed by atoms with E-state index in [4.69, 9.17) is 0 Å². The molecule has 18 heavy (non-hydrogen) atoms. The van der Waals surface area contributed by atoms with Gasteiger partial charge in [0.25, 0.3) is 0 Å². The minimum absolute atomic E-state index is 0.459. The number of aliphatic hydroxyl groups is 1. The van der Waals surface area contributed by atoms with Gasteiger partial charge in [0.2, 0.25) is 0 Å². The molecule has 0 spiro atoms. The predicted molar refractivity (Wildman–Crippen MR) is 76.6 cm³/mol. The third kappa shape index (κ3) is 3.19. The van der Waals surface area contributed by atoms with Gasteiger partial charge in [0, 0.05) is 6.54 Å². The highest BCUT2D eigenvalue weighted by Crippen LogP contribution is 2.19. The summed E-state index contributed by atoms with van der Waals surface area (Å²) in [7, 11) is 0. The summed E-state index contributed by atoms with van der Waals surface area (Å²) in [5, 5.41) is 15.7. The highest BCUT2D eigenvalue weighted by atomic mass is 16.3. The third-order valence-corrected chi connectivity index (χ3v) is 3.02. The molecule has 0 bridgehead atoms. The fourth-order valence-corrected chi connectivity index (χ4v) is 1.98. The highest BCUT2D eigenvalue weighted by Gasteiger charge is 2.07. The van der Waals surface area contributed by atoms with Crippen LogP contribution in [0.2, 0.25) is 0 Å². The van der Waals surface area contributed by atoms with Crippen molar-refractivity contribution in [2.75, 3.05) is 13.1 Å². The molecule has 2 aromatic rings. The Bertz CT molecular complexity index is 521. The fraction of sp³-hybridized carbons (Fsp3) is 0.250. The molecule has 1 atom stereocenters. The van der Waals surface area contributed by atoms with Crippen molar-refractivity contribution in [3.63, 3.8) is 0 Å². The lowest BCUT2D eigenvalue weighted by atomic mass is 10.0. The summed E-state index contributed by atoms with van der Waals surface area (Å²) in [6, 6.07) is 14.3. The van der Waals surface area contributed by atoms with Crippen molar-refractivity contribution in [2.45, 2.75) is 12.5 Å². The number of hydrogen-bond donors (Lipinski definition) is 2. The van der Waals surface area contributed by atoms with Gasteiger partial charge in [-0.05, 0) is 35.4 Å². The highest BCUT2D eigenvalue weighted by molar-refractivity contribution is 5.83. The van der Waals surface area contributed by atoms with Crippen LogP contribution in [0.4, 0.5) is 0 Å². The van der Waals surface area contributed by atoms with Crippen LogP contribution in [0.5, 0.6) is 0 Å². The van der Waals surface area contributed by atoms with Crippen LogP contribution in [0, 0.1) is 0 Å². The monoisotopic (exact) mass is 241 g/mol. The van der Waals surface area contributed by atoms with Gasteiger partial charge >= 0.3 is 0 Å². The van der Waals surface area contributed by atoms with Crippen molar-refractivity contribution in [3.8, 4) is 0 Å². The third-order valence-electron chi connectivity index (χ3n) is 3.02. The van der Waals surface area contributed by atoms with Crippen LogP contribution in [0.25, 0.3) is 10.8 Å². The molecular weight excluding hydrogens is 222 g/mol. The second kappa shape index (κ2) is 6.34. The molecule has 0 saturated carbocycles. The van der Waals surface area contributed by atoms with E-state index >= 15 is 0 Å². The van der Waals surface area contributed by atoms with Crippen LogP contribution < -0.4 is 5.32 Å². The van der Waals surface area contributed by atoms with Gasteiger partial charge in [0.15, 0.2) is 0 Å². The van der Waals surface area contributed by atoms with Crippen molar-refractivity contribution in [1.82, 2.24) is 5.32 Å². The Hall–Kier alpha value is -1.64. The van der Waals surface area contributed by atoms with E-state index in [1.165, 1.54) is 10.8 Å². The molecule has 2 rings (SSSR count). The molecule has 0 aliphatic heterocycles. The standard InChI is InChI=1S/C16H19NO/c1-2-3-10-17-12-16(18)15-9-8-13-6-4-5-7-14(13)11-15/h2,4-9,11,16-18H,1,3,10,12H2. The zero-order chi connectivity index (χ0) is 12.8. The lowest BCUT2D eigenvalue weighted by Gasteiger charge is -2.12. The molecular formula is C16H19NO. The van der Waals surface area contributed by atoms with Crippen molar-refractivity contribution in [1.29, 1.82) is 0 Å². The Labute approximate surface area is 108 Å². The van der Waals surface area contributed by atoms with Gasteiger partial charge in [0.05, 0.1) is 6.10 Å². The summed E-state index contributed by atoms with van der Waals surface area (Å²) in [6.45, 7) is 5.10. The van der Waals surface area contributed by atoms with Gasteiger partial charge in [-0.25, -0.2) is 0 Å². The molecule has 2 N–H and O–H groups in total. The first-order valence-corrected chi connectivity index (χ1v) is 6.29. The Morgan fingerprint density at radius 3 is 2.72 bits per heavy atom. The lowest BCUT2D eigenvalue weighted by molar-refractivity contribution is 0.175. The normalized spacial score (nSPS) is 12.5. The zero-order valence-corrected chi connectivity index (χ0v) is 10.5. The number of aliphatic hydroxyl groups excluding tert-OH is 1. The number of hydrogen-bond acceptors (Lipinski definition) is 2. The van der Waals surface area contributed by atoms with E-state index < -0.39 is 6.10 Å². The minimum Gasteiger partial charge on any atom is -0.387 e.